The molecule has 6 heteroatoms. The van der Waals surface area contributed by atoms with E-state index in [1.165, 1.54) is 17.0 Å². The van der Waals surface area contributed by atoms with Gasteiger partial charge >= 0.3 is 0 Å². The molecule has 0 saturated heterocycles. The molecule has 0 fully saturated rings. The Morgan fingerprint density at radius 1 is 1.19 bits per heavy atom. The summed E-state index contributed by atoms with van der Waals surface area (Å²) >= 11 is 1.67. The molecule has 0 saturated carbocycles. The first-order valence-electron chi connectivity index (χ1n) is 6.60. The Kier molecular flexibility index (Phi) is 5.52. The minimum Gasteiger partial charge on any atom is -0.508 e. The highest BCUT2D eigenvalue weighted by atomic mass is 32.2. The Labute approximate surface area is 130 Å². The number of aromatic hydroxyl groups is 1. The second kappa shape index (κ2) is 7.38. The molecule has 4 nitrogen and oxygen atoms in total. The Balaban J connectivity index is 1.83. The number of amides is 1. The van der Waals surface area contributed by atoms with E-state index in [1.807, 2.05) is 6.07 Å². The third-order valence-corrected chi connectivity index (χ3v) is 5.44. The predicted molar refractivity (Wildman–Crippen MR) is 84.9 cm³/mol. The second-order valence-corrected chi connectivity index (χ2v) is 7.19. The van der Waals surface area contributed by atoms with Crippen molar-refractivity contribution in [2.45, 2.75) is 24.8 Å². The summed E-state index contributed by atoms with van der Waals surface area (Å²) in [4.78, 5) is 14.7. The molecule has 0 bridgehead atoms. The number of hydrogen-bond acceptors (Lipinski definition) is 4. The lowest BCUT2D eigenvalue weighted by Crippen LogP contribution is -2.27. The van der Waals surface area contributed by atoms with Gasteiger partial charge in [0, 0.05) is 14.6 Å². The van der Waals surface area contributed by atoms with Crippen molar-refractivity contribution >= 4 is 28.0 Å². The molecular weight excluding hydrogens is 306 g/mol. The van der Waals surface area contributed by atoms with E-state index in [2.05, 4.69) is 18.3 Å². The number of thiophene rings is 1. The lowest BCUT2D eigenvalue weighted by Gasteiger charge is -2.04. The predicted octanol–water partition coefficient (Wildman–Crippen LogP) is 2.44. The van der Waals surface area contributed by atoms with Crippen LogP contribution in [0.4, 0.5) is 0 Å². The largest absolute Gasteiger partial charge is 0.508 e. The van der Waals surface area contributed by atoms with Crippen LogP contribution < -0.4 is 5.32 Å². The molecule has 2 aromatic rings. The highest BCUT2D eigenvalue weighted by Gasteiger charge is 2.10. The monoisotopic (exact) mass is 323 g/mol. The van der Waals surface area contributed by atoms with Crippen LogP contribution in [0.1, 0.15) is 16.7 Å². The average molecular weight is 323 g/mol. The van der Waals surface area contributed by atoms with Crippen LogP contribution in [0.15, 0.2) is 41.3 Å². The fourth-order valence-corrected chi connectivity index (χ4v) is 3.59. The van der Waals surface area contributed by atoms with Crippen molar-refractivity contribution in [3.05, 3.63) is 46.2 Å². The number of nitrogens with one attached hydrogen (secondary N) is 1. The number of phenols is 1. The number of hydrogen-bond donors (Lipinski definition) is 2. The van der Waals surface area contributed by atoms with Gasteiger partial charge in [-0.05, 0) is 42.8 Å². The van der Waals surface area contributed by atoms with Gasteiger partial charge in [0.1, 0.15) is 11.5 Å². The van der Waals surface area contributed by atoms with E-state index >= 15 is 0 Å². The van der Waals surface area contributed by atoms with Gasteiger partial charge < -0.3 is 10.4 Å². The molecule has 0 radical (unpaired) electrons. The average Bonchev–Trinajstić information content (AvgIpc) is 2.94. The molecule has 0 aliphatic rings. The lowest BCUT2D eigenvalue weighted by molar-refractivity contribution is -0.118. The van der Waals surface area contributed by atoms with Crippen molar-refractivity contribution in [1.82, 2.24) is 5.32 Å². The first-order chi connectivity index (χ1) is 10.1. The van der Waals surface area contributed by atoms with Crippen LogP contribution in [0, 0.1) is 0 Å². The molecule has 1 aromatic heterocycles. The van der Waals surface area contributed by atoms with Gasteiger partial charge in [0.15, 0.2) is 0 Å². The molecule has 0 spiro atoms. The smallest absolute Gasteiger partial charge is 0.233 e. The lowest BCUT2D eigenvalue weighted by atomic mass is 10.3. The van der Waals surface area contributed by atoms with Crippen LogP contribution in [0.25, 0.3) is 0 Å². The molecule has 0 unspecified atom stereocenters. The van der Waals surface area contributed by atoms with E-state index in [0.717, 1.165) is 11.3 Å². The van der Waals surface area contributed by atoms with Crippen LogP contribution in [0.2, 0.25) is 0 Å². The van der Waals surface area contributed by atoms with Crippen LogP contribution in [0.3, 0.4) is 0 Å². The molecule has 2 N–H and O–H groups in total. The maximum absolute atomic E-state index is 12.0. The van der Waals surface area contributed by atoms with Crippen LogP contribution in [-0.4, -0.2) is 21.0 Å². The number of carbonyl (C=O) groups is 1. The summed E-state index contributed by atoms with van der Waals surface area (Å²) in [6.45, 7) is 2.56. The number of phenolic OH excluding ortho intramolecular Hbond substituents is 1. The molecule has 2 rings (SSSR count). The summed E-state index contributed by atoms with van der Waals surface area (Å²) in [5.74, 6) is -0.200. The summed E-state index contributed by atoms with van der Waals surface area (Å²) in [5, 5.41) is 12.0. The maximum Gasteiger partial charge on any atom is 0.233 e. The van der Waals surface area contributed by atoms with Gasteiger partial charge in [-0.15, -0.1) is 11.3 Å². The molecule has 1 heterocycles. The summed E-state index contributed by atoms with van der Waals surface area (Å²) in [5.41, 5.74) is 0. The van der Waals surface area contributed by atoms with Gasteiger partial charge in [0.2, 0.25) is 5.91 Å². The summed E-state index contributed by atoms with van der Waals surface area (Å²) in [7, 11) is -1.40. The normalized spacial score (nSPS) is 12.0. The maximum atomic E-state index is 12.0. The topological polar surface area (TPSA) is 66.4 Å². The van der Waals surface area contributed by atoms with Crippen molar-refractivity contribution in [3.8, 4) is 5.75 Å². The van der Waals surface area contributed by atoms with E-state index in [-0.39, 0.29) is 17.4 Å². The Morgan fingerprint density at radius 3 is 2.48 bits per heavy atom. The molecule has 0 aliphatic heterocycles. The molecule has 1 amide bonds. The van der Waals surface area contributed by atoms with Crippen LogP contribution in [-0.2, 0) is 28.6 Å². The van der Waals surface area contributed by atoms with Gasteiger partial charge in [-0.2, -0.15) is 0 Å². The molecule has 1 aromatic carbocycles. The minimum atomic E-state index is -1.40. The van der Waals surface area contributed by atoms with Gasteiger partial charge in [0.05, 0.1) is 17.3 Å². The second-order valence-electron chi connectivity index (χ2n) is 4.48. The number of aryl methyl sites for hydroxylation is 1. The zero-order valence-electron chi connectivity index (χ0n) is 11.7. The number of benzene rings is 1. The first-order valence-corrected chi connectivity index (χ1v) is 8.73. The zero-order chi connectivity index (χ0) is 15.2. The van der Waals surface area contributed by atoms with Crippen molar-refractivity contribution in [2.24, 2.45) is 0 Å². The van der Waals surface area contributed by atoms with E-state index in [4.69, 9.17) is 0 Å². The fourth-order valence-electron chi connectivity index (χ4n) is 1.74. The van der Waals surface area contributed by atoms with Crippen molar-refractivity contribution in [3.63, 3.8) is 0 Å². The zero-order valence-corrected chi connectivity index (χ0v) is 13.3. The summed E-state index contributed by atoms with van der Waals surface area (Å²) < 4.78 is 12.0. The number of carbonyl (C=O) groups excluding carboxylic acids is 1. The number of rotatable bonds is 6. The van der Waals surface area contributed by atoms with Crippen molar-refractivity contribution < 1.29 is 14.1 Å². The summed E-state index contributed by atoms with van der Waals surface area (Å²) in [6.07, 6.45) is 0.990. The highest BCUT2D eigenvalue weighted by molar-refractivity contribution is 7.85. The quantitative estimate of drug-likeness (QED) is 0.858. The van der Waals surface area contributed by atoms with E-state index in [1.54, 1.807) is 23.5 Å². The Morgan fingerprint density at radius 2 is 1.86 bits per heavy atom. The molecule has 1 atom stereocenters. The third kappa shape index (κ3) is 4.68. The Bertz CT molecular complexity index is 635. The fraction of sp³-hybridized carbons (Fsp3) is 0.267. The van der Waals surface area contributed by atoms with Crippen molar-refractivity contribution in [2.75, 3.05) is 5.75 Å². The molecule has 21 heavy (non-hydrogen) atoms. The SMILES string of the molecule is CCc1ccc(CNC(=O)C[S@@](=O)c2ccc(O)cc2)s1. The highest BCUT2D eigenvalue weighted by Crippen LogP contribution is 2.16. The van der Waals surface area contributed by atoms with Gasteiger partial charge in [-0.25, -0.2) is 0 Å². The molecule has 112 valence electrons. The van der Waals surface area contributed by atoms with Gasteiger partial charge in [0.25, 0.3) is 0 Å². The van der Waals surface area contributed by atoms with Gasteiger partial charge in [-0.3, -0.25) is 9.00 Å². The molecule has 0 aliphatic carbocycles. The van der Waals surface area contributed by atoms with Crippen LogP contribution >= 0.6 is 11.3 Å². The van der Waals surface area contributed by atoms with Crippen molar-refractivity contribution in [1.29, 1.82) is 0 Å². The standard InChI is InChI=1S/C15H17NO3S2/c1-2-12-5-6-13(20-12)9-16-15(18)10-21(19)14-7-3-11(17)4-8-14/h3-8,17H,2,9-10H2,1H3,(H,16,18)/t21-/m1/s1. The van der Waals surface area contributed by atoms with E-state index < -0.39 is 10.8 Å². The first kappa shape index (κ1) is 15.7. The van der Waals surface area contributed by atoms with E-state index in [0.29, 0.717) is 11.4 Å². The molecular formula is C15H17NO3S2. The van der Waals surface area contributed by atoms with E-state index in [9.17, 15) is 14.1 Å². The van der Waals surface area contributed by atoms with Crippen LogP contribution in [0.5, 0.6) is 5.75 Å². The Hall–Kier alpha value is -1.66. The summed E-state index contributed by atoms with van der Waals surface area (Å²) in [6, 6.07) is 10.1. The third-order valence-electron chi connectivity index (χ3n) is 2.89. The van der Waals surface area contributed by atoms with Gasteiger partial charge in [-0.1, -0.05) is 6.92 Å². The minimum absolute atomic E-state index is 0.0726.